The molecule has 7 aromatic carbocycles. The smallest absolute Gasteiger partial charge is 0.132 e. The van der Waals surface area contributed by atoms with Crippen molar-refractivity contribution in [3.63, 3.8) is 0 Å². The average molecular weight is 645 g/mol. The van der Waals surface area contributed by atoms with E-state index in [-0.39, 0.29) is 0 Å². The third-order valence-corrected chi connectivity index (χ3v) is 10.9. The molecule has 0 atom stereocenters. The lowest BCUT2D eigenvalue weighted by molar-refractivity contribution is 0.435. The maximum Gasteiger partial charge on any atom is 0.132 e. The Hall–Kier alpha value is -5.96. The zero-order valence-electron chi connectivity index (χ0n) is 26.8. The average Bonchev–Trinajstić information content (AvgIpc) is 3.68. The number of para-hydroxylation sites is 1. The summed E-state index contributed by atoms with van der Waals surface area (Å²) in [7, 11) is 0. The molecular formula is C47H32OS. The fourth-order valence-electron chi connectivity index (χ4n) is 7.42. The SMILES string of the molecule is c1ccc(-c2ccc(-c3ccccc3-c3ccc(-c4ccc5c(c4)Oc4ccccc4C5(c4ccccc4)c4ccccc4)s3)cc2)cc1. The van der Waals surface area contributed by atoms with Gasteiger partial charge in [0.25, 0.3) is 0 Å². The minimum absolute atomic E-state index is 0.513. The van der Waals surface area contributed by atoms with Crippen LogP contribution in [-0.4, -0.2) is 0 Å². The van der Waals surface area contributed by atoms with Crippen LogP contribution in [0.3, 0.4) is 0 Å². The maximum atomic E-state index is 6.75. The van der Waals surface area contributed by atoms with E-state index in [0.29, 0.717) is 0 Å². The minimum Gasteiger partial charge on any atom is -0.457 e. The fraction of sp³-hybridized carbons (Fsp3) is 0.0213. The summed E-state index contributed by atoms with van der Waals surface area (Å²) >= 11 is 1.82. The molecule has 8 aromatic rings. The van der Waals surface area contributed by atoms with Crippen LogP contribution in [0.1, 0.15) is 22.3 Å². The van der Waals surface area contributed by atoms with E-state index in [2.05, 4.69) is 194 Å². The molecule has 0 spiro atoms. The number of rotatable bonds is 6. The third kappa shape index (κ3) is 5.01. The molecule has 9 rings (SSSR count). The molecule has 2 heterocycles. The van der Waals surface area contributed by atoms with Gasteiger partial charge < -0.3 is 4.74 Å². The van der Waals surface area contributed by atoms with Gasteiger partial charge in [-0.3, -0.25) is 0 Å². The van der Waals surface area contributed by atoms with Gasteiger partial charge in [0.1, 0.15) is 11.5 Å². The number of benzene rings is 7. The van der Waals surface area contributed by atoms with Crippen LogP contribution in [0.15, 0.2) is 194 Å². The number of ether oxygens (including phenoxy) is 1. The molecule has 1 nitrogen and oxygen atoms in total. The second kappa shape index (κ2) is 12.2. The first-order valence-electron chi connectivity index (χ1n) is 16.7. The molecule has 0 saturated heterocycles. The molecule has 0 amide bonds. The predicted octanol–water partition coefficient (Wildman–Crippen LogP) is 12.9. The topological polar surface area (TPSA) is 9.23 Å². The zero-order valence-corrected chi connectivity index (χ0v) is 27.6. The van der Waals surface area contributed by atoms with Crippen molar-refractivity contribution in [3.05, 3.63) is 216 Å². The number of thiophene rings is 1. The number of hydrogen-bond acceptors (Lipinski definition) is 2. The van der Waals surface area contributed by atoms with Crippen LogP contribution in [-0.2, 0) is 5.41 Å². The lowest BCUT2D eigenvalue weighted by Gasteiger charge is -2.41. The van der Waals surface area contributed by atoms with Crippen LogP contribution >= 0.6 is 11.3 Å². The molecule has 0 N–H and O–H groups in total. The van der Waals surface area contributed by atoms with Crippen molar-refractivity contribution in [2.45, 2.75) is 5.41 Å². The van der Waals surface area contributed by atoms with E-state index in [0.717, 1.165) is 28.2 Å². The van der Waals surface area contributed by atoms with Crippen LogP contribution in [0.4, 0.5) is 0 Å². The molecule has 0 unspecified atom stereocenters. The van der Waals surface area contributed by atoms with Crippen molar-refractivity contribution in [2.75, 3.05) is 0 Å². The first kappa shape index (κ1) is 29.2. The molecular weight excluding hydrogens is 613 g/mol. The van der Waals surface area contributed by atoms with Crippen molar-refractivity contribution < 1.29 is 4.74 Å². The van der Waals surface area contributed by atoms with Crippen molar-refractivity contribution in [2.24, 2.45) is 0 Å². The van der Waals surface area contributed by atoms with E-state index in [1.165, 1.54) is 48.7 Å². The highest BCUT2D eigenvalue weighted by molar-refractivity contribution is 7.18. The molecule has 1 aliphatic rings. The Morgan fingerprint density at radius 3 is 1.57 bits per heavy atom. The molecule has 1 aromatic heterocycles. The van der Waals surface area contributed by atoms with Gasteiger partial charge in [0.15, 0.2) is 0 Å². The van der Waals surface area contributed by atoms with Crippen LogP contribution in [0.25, 0.3) is 43.1 Å². The summed E-state index contributed by atoms with van der Waals surface area (Å²) in [5.74, 6) is 1.77. The summed E-state index contributed by atoms with van der Waals surface area (Å²) in [6.45, 7) is 0. The van der Waals surface area contributed by atoms with E-state index in [1.807, 2.05) is 11.3 Å². The van der Waals surface area contributed by atoms with E-state index in [4.69, 9.17) is 4.74 Å². The lowest BCUT2D eigenvalue weighted by atomic mass is 9.63. The molecule has 0 saturated carbocycles. The van der Waals surface area contributed by atoms with Crippen molar-refractivity contribution in [1.29, 1.82) is 0 Å². The van der Waals surface area contributed by atoms with Gasteiger partial charge in [-0.2, -0.15) is 0 Å². The second-order valence-electron chi connectivity index (χ2n) is 12.4. The van der Waals surface area contributed by atoms with Crippen LogP contribution in [0, 0.1) is 0 Å². The summed E-state index contributed by atoms with van der Waals surface area (Å²) in [6, 6.07) is 69.6. The zero-order chi connectivity index (χ0) is 32.6. The highest BCUT2D eigenvalue weighted by Crippen LogP contribution is 2.56. The fourth-order valence-corrected chi connectivity index (χ4v) is 8.47. The van der Waals surface area contributed by atoms with Gasteiger partial charge in [-0.05, 0) is 68.8 Å². The van der Waals surface area contributed by atoms with E-state index in [9.17, 15) is 0 Å². The highest BCUT2D eigenvalue weighted by Gasteiger charge is 2.45. The Balaban J connectivity index is 1.12. The van der Waals surface area contributed by atoms with Crippen molar-refractivity contribution in [3.8, 4) is 54.6 Å². The van der Waals surface area contributed by atoms with E-state index in [1.54, 1.807) is 0 Å². The molecule has 0 bridgehead atoms. The van der Waals surface area contributed by atoms with Gasteiger partial charge in [-0.1, -0.05) is 170 Å². The first-order chi connectivity index (χ1) is 24.3. The van der Waals surface area contributed by atoms with E-state index >= 15 is 0 Å². The summed E-state index contributed by atoms with van der Waals surface area (Å²) in [5.41, 5.74) is 11.5. The maximum absolute atomic E-state index is 6.75. The normalized spacial score (nSPS) is 12.8. The Labute approximate surface area is 291 Å². The van der Waals surface area contributed by atoms with Gasteiger partial charge in [0.05, 0.1) is 5.41 Å². The molecule has 1 aliphatic heterocycles. The van der Waals surface area contributed by atoms with Crippen molar-refractivity contribution in [1.82, 2.24) is 0 Å². The molecule has 0 aliphatic carbocycles. The molecule has 49 heavy (non-hydrogen) atoms. The minimum atomic E-state index is -0.513. The molecule has 2 heteroatoms. The Bertz CT molecular complexity index is 2350. The lowest BCUT2D eigenvalue weighted by Crippen LogP contribution is -2.34. The van der Waals surface area contributed by atoms with Gasteiger partial charge in [0, 0.05) is 20.9 Å². The second-order valence-corrected chi connectivity index (χ2v) is 13.5. The predicted molar refractivity (Wildman–Crippen MR) is 204 cm³/mol. The number of fused-ring (bicyclic) bond motifs is 2. The van der Waals surface area contributed by atoms with Crippen molar-refractivity contribution >= 4 is 11.3 Å². The molecule has 0 fully saturated rings. The Morgan fingerprint density at radius 2 is 0.857 bits per heavy atom. The Kier molecular flexibility index (Phi) is 7.30. The van der Waals surface area contributed by atoms with Gasteiger partial charge in [-0.15, -0.1) is 11.3 Å². The van der Waals surface area contributed by atoms with Gasteiger partial charge in [-0.25, -0.2) is 0 Å². The Morgan fingerprint density at radius 1 is 0.347 bits per heavy atom. The highest BCUT2D eigenvalue weighted by atomic mass is 32.1. The summed E-state index contributed by atoms with van der Waals surface area (Å²) in [6.07, 6.45) is 0. The summed E-state index contributed by atoms with van der Waals surface area (Å²) < 4.78 is 6.75. The van der Waals surface area contributed by atoms with Crippen LogP contribution in [0.5, 0.6) is 11.5 Å². The quantitative estimate of drug-likeness (QED) is 0.175. The molecule has 0 radical (unpaired) electrons. The third-order valence-electron chi connectivity index (χ3n) is 9.70. The summed E-state index contributed by atoms with van der Waals surface area (Å²) in [5, 5.41) is 0. The largest absolute Gasteiger partial charge is 0.457 e. The van der Waals surface area contributed by atoms with Gasteiger partial charge in [0.2, 0.25) is 0 Å². The monoisotopic (exact) mass is 644 g/mol. The van der Waals surface area contributed by atoms with E-state index < -0.39 is 5.41 Å². The van der Waals surface area contributed by atoms with Gasteiger partial charge >= 0.3 is 0 Å². The number of hydrogen-bond donors (Lipinski definition) is 0. The molecule has 232 valence electrons. The van der Waals surface area contributed by atoms with Crippen LogP contribution in [0.2, 0.25) is 0 Å². The standard InChI is InChI=1S/C47H32OS/c1-4-14-33(15-5-1)34-24-26-35(27-25-34)39-20-10-11-21-40(39)46-31-30-45(49-46)36-28-29-42-44(32-36)48-43-23-13-12-22-41(43)47(42,37-16-6-2-7-17-37)38-18-8-3-9-19-38/h1-32H. The first-order valence-corrected chi connectivity index (χ1v) is 17.5. The summed E-state index contributed by atoms with van der Waals surface area (Å²) in [4.78, 5) is 2.45. The van der Waals surface area contributed by atoms with Crippen LogP contribution < -0.4 is 4.74 Å².